The molecule has 0 radical (unpaired) electrons. The molecule has 0 saturated carbocycles. The Morgan fingerprint density at radius 3 is 2.67 bits per heavy atom. The Hall–Kier alpha value is -2.37. The smallest absolute Gasteiger partial charge is 0.187 e. The van der Waals surface area contributed by atoms with E-state index < -0.39 is 0 Å². The zero-order valence-electron chi connectivity index (χ0n) is 13.0. The highest BCUT2D eigenvalue weighted by Gasteiger charge is 2.00. The summed E-state index contributed by atoms with van der Waals surface area (Å²) in [5.41, 5.74) is 4.61. The molecule has 0 atom stereocenters. The van der Waals surface area contributed by atoms with Crippen molar-refractivity contribution in [2.75, 3.05) is 6.54 Å². The Balaban J connectivity index is 1.83. The average molecular weight is 360 g/mol. The van der Waals surface area contributed by atoms with Gasteiger partial charge >= 0.3 is 0 Å². The lowest BCUT2D eigenvalue weighted by Crippen LogP contribution is -2.31. The zero-order chi connectivity index (χ0) is 17.2. The Morgan fingerprint density at radius 2 is 1.96 bits per heavy atom. The van der Waals surface area contributed by atoms with Crippen molar-refractivity contribution < 1.29 is 4.74 Å². The van der Waals surface area contributed by atoms with Crippen molar-refractivity contribution in [3.8, 4) is 5.75 Å². The van der Waals surface area contributed by atoms with Gasteiger partial charge in [0.2, 0.25) is 0 Å². The highest BCUT2D eigenvalue weighted by molar-refractivity contribution is 7.80. The maximum Gasteiger partial charge on any atom is 0.187 e. The molecule has 0 unspecified atom stereocenters. The van der Waals surface area contributed by atoms with E-state index in [0.29, 0.717) is 23.3 Å². The Labute approximate surface area is 152 Å². The predicted octanol–water partition coefficient (Wildman–Crippen LogP) is 3.90. The summed E-state index contributed by atoms with van der Waals surface area (Å²) >= 11 is 11.1. The maximum atomic E-state index is 6.10. The number of nitrogens with zero attached hydrogens (tertiary/aromatic N) is 1. The van der Waals surface area contributed by atoms with Gasteiger partial charge in [0, 0.05) is 17.1 Å². The number of nitrogens with one attached hydrogen (secondary N) is 2. The summed E-state index contributed by atoms with van der Waals surface area (Å²) in [5.74, 6) is 0.767. The minimum absolute atomic E-state index is 0.428. The van der Waals surface area contributed by atoms with Gasteiger partial charge in [-0.15, -0.1) is 6.58 Å². The van der Waals surface area contributed by atoms with Crippen LogP contribution in [0.1, 0.15) is 11.1 Å². The summed E-state index contributed by atoms with van der Waals surface area (Å²) in [6.07, 6.45) is 3.40. The van der Waals surface area contributed by atoms with Crippen molar-refractivity contribution in [1.29, 1.82) is 0 Å². The number of halogens is 1. The quantitative estimate of drug-likeness (QED) is 0.340. The minimum Gasteiger partial charge on any atom is -0.489 e. The predicted molar refractivity (Wildman–Crippen MR) is 104 cm³/mol. The normalized spacial score (nSPS) is 10.4. The summed E-state index contributed by atoms with van der Waals surface area (Å²) in [6, 6.07) is 15.2. The molecule has 2 aromatic rings. The highest BCUT2D eigenvalue weighted by atomic mass is 35.5. The Morgan fingerprint density at radius 1 is 1.21 bits per heavy atom. The van der Waals surface area contributed by atoms with Gasteiger partial charge in [0.1, 0.15) is 12.4 Å². The average Bonchev–Trinajstić information content (AvgIpc) is 2.60. The SMILES string of the molecule is C=CCNC(=S)N/N=C/c1ccc(OCc2ccccc2Cl)cc1. The van der Waals surface area contributed by atoms with Crippen molar-refractivity contribution in [3.63, 3.8) is 0 Å². The summed E-state index contributed by atoms with van der Waals surface area (Å²) < 4.78 is 5.73. The minimum atomic E-state index is 0.428. The zero-order valence-corrected chi connectivity index (χ0v) is 14.6. The summed E-state index contributed by atoms with van der Waals surface area (Å²) in [4.78, 5) is 0. The van der Waals surface area contributed by atoms with Gasteiger partial charge in [-0.1, -0.05) is 35.9 Å². The molecule has 0 aliphatic heterocycles. The van der Waals surface area contributed by atoms with Crippen LogP contribution in [0.5, 0.6) is 5.75 Å². The van der Waals surface area contributed by atoms with E-state index in [1.165, 1.54) is 0 Å². The molecule has 0 spiro atoms. The number of rotatable bonds is 7. The molecule has 0 heterocycles. The van der Waals surface area contributed by atoms with Crippen LogP contribution in [0.2, 0.25) is 5.02 Å². The molecule has 0 aliphatic rings. The maximum absolute atomic E-state index is 6.10. The van der Waals surface area contributed by atoms with E-state index in [1.54, 1.807) is 12.3 Å². The molecule has 124 valence electrons. The van der Waals surface area contributed by atoms with Crippen LogP contribution < -0.4 is 15.5 Å². The van der Waals surface area contributed by atoms with Crippen molar-refractivity contribution in [1.82, 2.24) is 10.7 Å². The molecule has 4 nitrogen and oxygen atoms in total. The molecule has 0 amide bonds. The van der Waals surface area contributed by atoms with Gasteiger partial charge in [-0.05, 0) is 48.1 Å². The van der Waals surface area contributed by atoms with E-state index >= 15 is 0 Å². The molecule has 24 heavy (non-hydrogen) atoms. The number of hydrogen-bond acceptors (Lipinski definition) is 3. The molecule has 6 heteroatoms. The fourth-order valence-electron chi connectivity index (χ4n) is 1.80. The van der Waals surface area contributed by atoms with E-state index in [9.17, 15) is 0 Å². The van der Waals surface area contributed by atoms with Crippen LogP contribution in [0.15, 0.2) is 66.3 Å². The number of ether oxygens (including phenoxy) is 1. The molecule has 0 aromatic heterocycles. The first-order valence-electron chi connectivity index (χ1n) is 7.33. The highest BCUT2D eigenvalue weighted by Crippen LogP contribution is 2.18. The van der Waals surface area contributed by atoms with Crippen LogP contribution in [0.25, 0.3) is 0 Å². The molecule has 0 saturated heterocycles. The second kappa shape index (κ2) is 9.70. The van der Waals surface area contributed by atoms with Gasteiger partial charge in [0.15, 0.2) is 5.11 Å². The molecule has 2 rings (SSSR count). The number of hydrogen-bond donors (Lipinski definition) is 2. The first-order chi connectivity index (χ1) is 11.7. The molecular formula is C18H18ClN3OS. The van der Waals surface area contributed by atoms with Crippen molar-refractivity contribution in [2.24, 2.45) is 5.10 Å². The topological polar surface area (TPSA) is 45.7 Å². The van der Waals surface area contributed by atoms with Crippen LogP contribution in [-0.4, -0.2) is 17.9 Å². The molecule has 0 fully saturated rings. The van der Waals surface area contributed by atoms with Crippen LogP contribution in [0.3, 0.4) is 0 Å². The van der Waals surface area contributed by atoms with Gasteiger partial charge < -0.3 is 10.1 Å². The Kier molecular flexibility index (Phi) is 7.26. The van der Waals surface area contributed by atoms with Crippen LogP contribution >= 0.6 is 23.8 Å². The standard InChI is InChI=1S/C18H18ClN3OS/c1-2-11-20-18(24)22-21-12-14-7-9-16(10-8-14)23-13-15-5-3-4-6-17(15)19/h2-10,12H,1,11,13H2,(H2,20,22,24)/b21-12+. The lowest BCUT2D eigenvalue weighted by molar-refractivity contribution is 0.306. The number of benzene rings is 2. The Bertz CT molecular complexity index is 716. The first kappa shape index (κ1) is 18.0. The molecule has 2 aromatic carbocycles. The van der Waals surface area contributed by atoms with E-state index in [2.05, 4.69) is 22.4 Å². The summed E-state index contributed by atoms with van der Waals surface area (Å²) in [6.45, 7) is 4.62. The van der Waals surface area contributed by atoms with Gasteiger partial charge in [-0.25, -0.2) is 0 Å². The van der Waals surface area contributed by atoms with Gasteiger partial charge in [-0.3, -0.25) is 5.43 Å². The fourth-order valence-corrected chi connectivity index (χ4v) is 2.12. The van der Waals surface area contributed by atoms with Gasteiger partial charge in [0.05, 0.1) is 6.21 Å². The summed E-state index contributed by atoms with van der Waals surface area (Å²) in [5, 5.41) is 8.13. The lowest BCUT2D eigenvalue weighted by atomic mass is 10.2. The third-order valence-corrected chi connectivity index (χ3v) is 3.62. The largest absolute Gasteiger partial charge is 0.489 e. The monoisotopic (exact) mass is 359 g/mol. The van der Waals surface area contributed by atoms with Crippen LogP contribution in [0, 0.1) is 0 Å². The van der Waals surface area contributed by atoms with Gasteiger partial charge in [0.25, 0.3) is 0 Å². The summed E-state index contributed by atoms with van der Waals surface area (Å²) in [7, 11) is 0. The van der Waals surface area contributed by atoms with Crippen molar-refractivity contribution >= 4 is 35.1 Å². The number of hydrazone groups is 1. The van der Waals surface area contributed by atoms with E-state index in [-0.39, 0.29) is 0 Å². The van der Waals surface area contributed by atoms with E-state index in [1.807, 2.05) is 48.5 Å². The molecule has 2 N–H and O–H groups in total. The third-order valence-electron chi connectivity index (χ3n) is 3.02. The fraction of sp³-hybridized carbons (Fsp3) is 0.111. The number of thiocarbonyl (C=S) groups is 1. The van der Waals surface area contributed by atoms with Crippen LogP contribution in [0.4, 0.5) is 0 Å². The second-order valence-electron chi connectivity index (χ2n) is 4.82. The van der Waals surface area contributed by atoms with E-state index in [0.717, 1.165) is 16.9 Å². The van der Waals surface area contributed by atoms with E-state index in [4.69, 9.17) is 28.6 Å². The lowest BCUT2D eigenvalue weighted by Gasteiger charge is -2.08. The van der Waals surface area contributed by atoms with Crippen LogP contribution in [-0.2, 0) is 6.61 Å². The molecule has 0 bridgehead atoms. The molecule has 0 aliphatic carbocycles. The third kappa shape index (κ3) is 6.02. The first-order valence-corrected chi connectivity index (χ1v) is 8.11. The van der Waals surface area contributed by atoms with Gasteiger partial charge in [-0.2, -0.15) is 5.10 Å². The van der Waals surface area contributed by atoms with Crippen molar-refractivity contribution in [3.05, 3.63) is 77.3 Å². The van der Waals surface area contributed by atoms with Crippen molar-refractivity contribution in [2.45, 2.75) is 6.61 Å². The molecular weight excluding hydrogens is 342 g/mol. The second-order valence-corrected chi connectivity index (χ2v) is 5.63.